The van der Waals surface area contributed by atoms with Crippen LogP contribution in [-0.2, 0) is 19.6 Å². The topological polar surface area (TPSA) is 122 Å². The van der Waals surface area contributed by atoms with E-state index in [1.54, 1.807) is 37.3 Å². The first-order chi connectivity index (χ1) is 19.9. The Bertz CT molecular complexity index is 1640. The lowest BCUT2D eigenvalue weighted by Gasteiger charge is -2.35. The molecule has 0 fully saturated rings. The lowest BCUT2D eigenvalue weighted by molar-refractivity contribution is -0.138. The molecule has 2 N–H and O–H groups in total. The van der Waals surface area contributed by atoms with E-state index in [-0.39, 0.29) is 58.6 Å². The summed E-state index contributed by atoms with van der Waals surface area (Å²) in [6.45, 7) is 1.32. The van der Waals surface area contributed by atoms with Gasteiger partial charge in [-0.3, -0.25) is 13.9 Å². The van der Waals surface area contributed by atoms with Crippen LogP contribution in [0, 0.1) is 11.6 Å². The molecule has 9 nitrogen and oxygen atoms in total. The van der Waals surface area contributed by atoms with Gasteiger partial charge in [0.2, 0.25) is 5.91 Å². The highest BCUT2D eigenvalue weighted by atomic mass is 35.5. The Morgan fingerprint density at radius 2 is 1.90 bits per heavy atom. The van der Waals surface area contributed by atoms with Crippen LogP contribution in [0.1, 0.15) is 30.9 Å². The van der Waals surface area contributed by atoms with Gasteiger partial charge in [0.15, 0.2) is 11.6 Å². The van der Waals surface area contributed by atoms with Crippen molar-refractivity contribution in [1.82, 2.24) is 5.32 Å². The molecule has 0 aliphatic carbocycles. The third-order valence-electron chi connectivity index (χ3n) is 6.46. The van der Waals surface area contributed by atoms with E-state index in [9.17, 15) is 26.8 Å². The summed E-state index contributed by atoms with van der Waals surface area (Å²) < 4.78 is 68.4. The summed E-state index contributed by atoms with van der Waals surface area (Å²) in [5.74, 6) is -3.00. The molecule has 0 saturated heterocycles. The largest absolute Gasteiger partial charge is 0.494 e. The number of nitrogens with zero attached hydrogens (tertiary/aromatic N) is 1. The first kappa shape index (κ1) is 30.8. The third-order valence-corrected chi connectivity index (χ3v) is 8.55. The molecule has 0 unspecified atom stereocenters. The number of anilines is 1. The van der Waals surface area contributed by atoms with E-state index in [2.05, 4.69) is 5.32 Å². The number of carboxylic acids is 1. The van der Waals surface area contributed by atoms with Gasteiger partial charge in [0, 0.05) is 18.1 Å². The second kappa shape index (κ2) is 12.8. The van der Waals surface area contributed by atoms with E-state index in [1.807, 2.05) is 0 Å². The summed E-state index contributed by atoms with van der Waals surface area (Å²) in [4.78, 5) is 22.6. The summed E-state index contributed by atoms with van der Waals surface area (Å²) in [6, 6.07) is 12.2. The fraction of sp³-hybridized carbons (Fsp3) is 0.241. The predicted molar refractivity (Wildman–Crippen MR) is 153 cm³/mol. The van der Waals surface area contributed by atoms with Crippen LogP contribution in [-0.4, -0.2) is 51.7 Å². The molecule has 42 heavy (non-hydrogen) atoms. The second-order valence-corrected chi connectivity index (χ2v) is 11.7. The number of aliphatic carboxylic acids is 1. The fourth-order valence-electron chi connectivity index (χ4n) is 4.41. The van der Waals surface area contributed by atoms with Crippen molar-refractivity contribution in [2.75, 3.05) is 24.5 Å². The molecule has 0 spiro atoms. The average molecular weight is 621 g/mol. The highest BCUT2D eigenvalue weighted by Gasteiger charge is 2.35. The second-order valence-electron chi connectivity index (χ2n) is 9.42. The molecule has 1 aliphatic heterocycles. The van der Waals surface area contributed by atoms with Gasteiger partial charge < -0.3 is 19.9 Å². The molecule has 0 aromatic heterocycles. The van der Waals surface area contributed by atoms with E-state index >= 15 is 0 Å². The van der Waals surface area contributed by atoms with E-state index < -0.39 is 39.6 Å². The predicted octanol–water partition coefficient (Wildman–Crippen LogP) is 5.12. The minimum Gasteiger partial charge on any atom is -0.494 e. The fourth-order valence-corrected chi connectivity index (χ4v) is 6.24. The SMILES string of the molecule is COc1cc(S(=O)(=O)N2C[C@H](CNC(=O)CCC(=O)O)Oc3ccc(/C=C(\C)c4c(F)cccc4Cl)cc32)ccc1F. The minimum absolute atomic E-state index is 0.108. The monoisotopic (exact) mass is 620 g/mol. The number of fused-ring (bicyclic) bond motifs is 1. The number of carbonyl (C=O) groups excluding carboxylic acids is 1. The number of rotatable bonds is 10. The number of hydrogen-bond donors (Lipinski definition) is 2. The molecular formula is C29H27ClF2N2O7S. The maximum absolute atomic E-state index is 14.5. The van der Waals surface area contributed by atoms with Crippen LogP contribution in [0.2, 0.25) is 5.02 Å². The summed E-state index contributed by atoms with van der Waals surface area (Å²) in [5.41, 5.74) is 1.38. The van der Waals surface area contributed by atoms with Gasteiger partial charge in [-0.2, -0.15) is 0 Å². The smallest absolute Gasteiger partial charge is 0.303 e. The molecule has 4 rings (SSSR count). The lowest BCUT2D eigenvalue weighted by Crippen LogP contribution is -2.48. The number of carbonyl (C=O) groups is 2. The maximum Gasteiger partial charge on any atom is 0.303 e. The van der Waals surface area contributed by atoms with Crippen molar-refractivity contribution in [1.29, 1.82) is 0 Å². The number of allylic oxidation sites excluding steroid dienone is 1. The number of sulfonamides is 1. The highest BCUT2D eigenvalue weighted by molar-refractivity contribution is 7.92. The molecule has 0 bridgehead atoms. The maximum atomic E-state index is 14.5. The van der Waals surface area contributed by atoms with E-state index in [0.717, 1.165) is 22.5 Å². The molecule has 1 atom stereocenters. The Hall–Kier alpha value is -4.16. The van der Waals surface area contributed by atoms with Crippen molar-refractivity contribution >= 4 is 50.8 Å². The zero-order valence-electron chi connectivity index (χ0n) is 22.6. The van der Waals surface area contributed by atoms with Gasteiger partial charge in [-0.05, 0) is 54.5 Å². The number of nitrogens with one attached hydrogen (secondary N) is 1. The zero-order chi connectivity index (χ0) is 30.6. The molecule has 1 heterocycles. The van der Waals surface area contributed by atoms with Gasteiger partial charge in [-0.1, -0.05) is 29.8 Å². The number of halogens is 3. The van der Waals surface area contributed by atoms with E-state index in [0.29, 0.717) is 11.1 Å². The van der Waals surface area contributed by atoms with Gasteiger partial charge in [-0.25, -0.2) is 17.2 Å². The molecule has 0 saturated carbocycles. The van der Waals surface area contributed by atoms with Gasteiger partial charge in [0.05, 0.1) is 42.2 Å². The Kier molecular flexibility index (Phi) is 9.37. The Labute approximate surface area is 246 Å². The van der Waals surface area contributed by atoms with Crippen molar-refractivity contribution in [2.45, 2.75) is 30.8 Å². The highest BCUT2D eigenvalue weighted by Crippen LogP contribution is 2.39. The van der Waals surface area contributed by atoms with Crippen LogP contribution in [0.3, 0.4) is 0 Å². The first-order valence-corrected chi connectivity index (χ1v) is 14.5. The van der Waals surface area contributed by atoms with E-state index in [4.69, 9.17) is 26.2 Å². The Morgan fingerprint density at radius 3 is 2.60 bits per heavy atom. The number of methoxy groups -OCH3 is 1. The van der Waals surface area contributed by atoms with Gasteiger partial charge >= 0.3 is 5.97 Å². The number of amides is 1. The van der Waals surface area contributed by atoms with Gasteiger partial charge in [0.25, 0.3) is 10.0 Å². The summed E-state index contributed by atoms with van der Waals surface area (Å²) >= 11 is 6.21. The molecule has 0 radical (unpaired) electrons. The molecule has 1 aliphatic rings. The molecule has 13 heteroatoms. The average Bonchev–Trinajstić information content (AvgIpc) is 2.94. The molecule has 222 valence electrons. The number of hydrogen-bond acceptors (Lipinski definition) is 6. The number of benzene rings is 3. The summed E-state index contributed by atoms with van der Waals surface area (Å²) in [6.07, 6.45) is 0.187. The van der Waals surface area contributed by atoms with Crippen molar-refractivity contribution in [3.63, 3.8) is 0 Å². The van der Waals surface area contributed by atoms with Crippen LogP contribution in [0.4, 0.5) is 14.5 Å². The third kappa shape index (κ3) is 6.82. The van der Waals surface area contributed by atoms with E-state index in [1.165, 1.54) is 19.2 Å². The van der Waals surface area contributed by atoms with Crippen LogP contribution in [0.25, 0.3) is 11.6 Å². The van der Waals surface area contributed by atoms with Crippen molar-refractivity contribution < 1.29 is 41.4 Å². The minimum atomic E-state index is -4.31. The quantitative estimate of drug-likeness (QED) is 0.302. The first-order valence-electron chi connectivity index (χ1n) is 12.7. The molecule has 3 aromatic rings. The number of carboxylic acid groups (broad SMARTS) is 1. The van der Waals surface area contributed by atoms with Gasteiger partial charge in [-0.15, -0.1) is 0 Å². The molecule has 3 aromatic carbocycles. The Balaban J connectivity index is 1.72. The van der Waals surface area contributed by atoms with Crippen molar-refractivity contribution in [2.24, 2.45) is 0 Å². The van der Waals surface area contributed by atoms with Crippen LogP contribution < -0.4 is 19.1 Å². The molecular weight excluding hydrogens is 594 g/mol. The zero-order valence-corrected chi connectivity index (χ0v) is 24.1. The normalized spacial score (nSPS) is 15.0. The number of ether oxygens (including phenoxy) is 2. The summed E-state index contributed by atoms with van der Waals surface area (Å²) in [7, 11) is -3.10. The lowest BCUT2D eigenvalue weighted by atomic mass is 10.0. The standard InChI is InChI=1S/C29H27ClF2N2O7S/c1-17(29-21(30)4-3-5-23(29)32)12-18-6-9-25-24(13-18)34(16-19(41-25)15-33-27(35)10-11-28(36)37)42(38,39)20-7-8-22(31)26(14-20)40-2/h3-9,12-14,19H,10-11,15-16H2,1-2H3,(H,33,35)(H,36,37)/b17-12+/t19-/m0/s1. The Morgan fingerprint density at radius 1 is 1.14 bits per heavy atom. The van der Waals surface area contributed by atoms with Crippen LogP contribution >= 0.6 is 11.6 Å². The van der Waals surface area contributed by atoms with Crippen molar-refractivity contribution in [3.8, 4) is 11.5 Å². The molecule has 1 amide bonds. The van der Waals surface area contributed by atoms with Crippen LogP contribution in [0.5, 0.6) is 11.5 Å². The summed E-state index contributed by atoms with van der Waals surface area (Å²) in [5, 5.41) is 11.6. The van der Waals surface area contributed by atoms with Crippen molar-refractivity contribution in [3.05, 3.63) is 82.4 Å². The van der Waals surface area contributed by atoms with Gasteiger partial charge in [0.1, 0.15) is 17.7 Å². The van der Waals surface area contributed by atoms with Crippen LogP contribution in [0.15, 0.2) is 59.5 Å².